The van der Waals surface area contributed by atoms with Gasteiger partial charge in [-0.15, -0.1) is 0 Å². The highest BCUT2D eigenvalue weighted by atomic mass is 19.1. The summed E-state index contributed by atoms with van der Waals surface area (Å²) in [5.74, 6) is -0.903. The highest BCUT2D eigenvalue weighted by molar-refractivity contribution is 5.92. The van der Waals surface area contributed by atoms with Crippen LogP contribution in [0, 0.1) is 5.82 Å². The van der Waals surface area contributed by atoms with E-state index in [4.69, 9.17) is 10.8 Å². The molecule has 1 aliphatic rings. The molecule has 2 rings (SSSR count). The van der Waals surface area contributed by atoms with Crippen LogP contribution in [0.2, 0.25) is 0 Å². The Kier molecular flexibility index (Phi) is 3.93. The summed E-state index contributed by atoms with van der Waals surface area (Å²) in [6.07, 6.45) is 2.16. The molecule has 0 aliphatic heterocycles. The molecule has 4 nitrogen and oxygen atoms in total. The number of carbonyl (C=O) groups excluding carboxylic acids is 1. The molecule has 18 heavy (non-hydrogen) atoms. The van der Waals surface area contributed by atoms with Crippen LogP contribution < -0.4 is 5.73 Å². The Morgan fingerprint density at radius 3 is 2.78 bits per heavy atom. The van der Waals surface area contributed by atoms with Crippen LogP contribution in [0.15, 0.2) is 18.2 Å². The van der Waals surface area contributed by atoms with Gasteiger partial charge in [-0.1, -0.05) is 0 Å². The number of benzene rings is 1. The van der Waals surface area contributed by atoms with E-state index in [1.807, 2.05) is 4.90 Å². The largest absolute Gasteiger partial charge is 0.395 e. The van der Waals surface area contributed by atoms with Crippen LogP contribution in [0.25, 0.3) is 0 Å². The average molecular weight is 252 g/mol. The van der Waals surface area contributed by atoms with E-state index in [1.54, 1.807) is 0 Å². The lowest BCUT2D eigenvalue weighted by Gasteiger charge is -2.21. The molecule has 1 aromatic rings. The predicted molar refractivity (Wildman–Crippen MR) is 65.4 cm³/mol. The minimum atomic E-state index is -0.559. The molecule has 98 valence electrons. The van der Waals surface area contributed by atoms with Gasteiger partial charge in [0.1, 0.15) is 5.82 Å². The molecular formula is C13H17FN2O2. The summed E-state index contributed by atoms with van der Waals surface area (Å²) in [4.78, 5) is 13.1. The molecular weight excluding hydrogens is 235 g/mol. The van der Waals surface area contributed by atoms with Crippen molar-refractivity contribution < 1.29 is 14.3 Å². The lowest BCUT2D eigenvalue weighted by Crippen LogP contribution is -2.29. The Hall–Kier alpha value is -1.46. The quantitative estimate of drug-likeness (QED) is 0.790. The van der Waals surface area contributed by atoms with Crippen molar-refractivity contribution in [3.63, 3.8) is 0 Å². The van der Waals surface area contributed by atoms with E-state index in [2.05, 4.69) is 0 Å². The first kappa shape index (κ1) is 13.0. The van der Waals surface area contributed by atoms with E-state index in [9.17, 15) is 9.18 Å². The van der Waals surface area contributed by atoms with Gasteiger partial charge in [0.15, 0.2) is 0 Å². The zero-order chi connectivity index (χ0) is 13.1. The van der Waals surface area contributed by atoms with E-state index >= 15 is 0 Å². The molecule has 1 saturated carbocycles. The molecule has 0 heterocycles. The molecule has 1 fully saturated rings. The van der Waals surface area contributed by atoms with Gasteiger partial charge in [-0.2, -0.15) is 0 Å². The second-order valence-electron chi connectivity index (χ2n) is 4.60. The van der Waals surface area contributed by atoms with Crippen LogP contribution in [0.4, 0.5) is 4.39 Å². The fourth-order valence-electron chi connectivity index (χ4n) is 2.03. The van der Waals surface area contributed by atoms with Crippen molar-refractivity contribution in [1.29, 1.82) is 0 Å². The zero-order valence-corrected chi connectivity index (χ0v) is 10.1. The van der Waals surface area contributed by atoms with Crippen molar-refractivity contribution in [2.24, 2.45) is 5.73 Å². The summed E-state index contributed by atoms with van der Waals surface area (Å²) in [6, 6.07) is 4.56. The fourth-order valence-corrected chi connectivity index (χ4v) is 2.03. The van der Waals surface area contributed by atoms with Crippen LogP contribution in [-0.4, -0.2) is 35.1 Å². The van der Waals surface area contributed by atoms with E-state index in [0.717, 1.165) is 12.8 Å². The van der Waals surface area contributed by atoms with Crippen molar-refractivity contribution in [2.75, 3.05) is 13.2 Å². The molecule has 0 bridgehead atoms. The van der Waals surface area contributed by atoms with Crippen LogP contribution >= 0.6 is 0 Å². The lowest BCUT2D eigenvalue weighted by atomic mass is 10.1. The Morgan fingerprint density at radius 2 is 2.22 bits per heavy atom. The molecule has 0 unspecified atom stereocenters. The van der Waals surface area contributed by atoms with Gasteiger partial charge < -0.3 is 10.8 Å². The van der Waals surface area contributed by atoms with E-state index in [1.165, 1.54) is 18.2 Å². The monoisotopic (exact) mass is 252 g/mol. The van der Waals surface area contributed by atoms with Gasteiger partial charge in [0.2, 0.25) is 5.91 Å². The molecule has 0 saturated heterocycles. The van der Waals surface area contributed by atoms with Crippen LogP contribution in [0.1, 0.15) is 28.8 Å². The molecule has 0 radical (unpaired) electrons. The number of halogens is 1. The van der Waals surface area contributed by atoms with Crippen molar-refractivity contribution in [1.82, 2.24) is 4.90 Å². The molecule has 0 atom stereocenters. The molecule has 1 amide bonds. The van der Waals surface area contributed by atoms with Crippen LogP contribution in [0.3, 0.4) is 0 Å². The van der Waals surface area contributed by atoms with Crippen LogP contribution in [0.5, 0.6) is 0 Å². The minimum absolute atomic E-state index is 0.0492. The number of hydrogen-bond donors (Lipinski definition) is 2. The third-order valence-corrected chi connectivity index (χ3v) is 3.15. The number of hydrogen-bond acceptors (Lipinski definition) is 3. The normalized spacial score (nSPS) is 15.1. The van der Waals surface area contributed by atoms with Crippen molar-refractivity contribution in [3.8, 4) is 0 Å². The van der Waals surface area contributed by atoms with Gasteiger partial charge in [0.05, 0.1) is 6.61 Å². The molecule has 5 heteroatoms. The molecule has 0 spiro atoms. The Balaban J connectivity index is 2.15. The van der Waals surface area contributed by atoms with E-state index < -0.39 is 5.91 Å². The maximum Gasteiger partial charge on any atom is 0.248 e. The van der Waals surface area contributed by atoms with Gasteiger partial charge in [0, 0.05) is 30.3 Å². The number of rotatable bonds is 6. The van der Waals surface area contributed by atoms with Gasteiger partial charge >= 0.3 is 0 Å². The second-order valence-corrected chi connectivity index (χ2v) is 4.60. The highest BCUT2D eigenvalue weighted by Gasteiger charge is 2.29. The number of nitrogens with two attached hydrogens (primary N) is 1. The summed E-state index contributed by atoms with van der Waals surface area (Å²) < 4.78 is 13.7. The zero-order valence-electron chi connectivity index (χ0n) is 10.1. The summed E-state index contributed by atoms with van der Waals surface area (Å²) in [5, 5.41) is 8.99. The van der Waals surface area contributed by atoms with Crippen molar-refractivity contribution in [2.45, 2.75) is 25.4 Å². The highest BCUT2D eigenvalue weighted by Crippen LogP contribution is 2.28. The number of carbonyl (C=O) groups is 1. The number of primary amides is 1. The third-order valence-electron chi connectivity index (χ3n) is 3.15. The fraction of sp³-hybridized carbons (Fsp3) is 0.462. The summed E-state index contributed by atoms with van der Waals surface area (Å²) in [6.45, 7) is 0.969. The van der Waals surface area contributed by atoms with Gasteiger partial charge in [-0.3, -0.25) is 9.69 Å². The van der Waals surface area contributed by atoms with E-state index in [-0.39, 0.29) is 12.4 Å². The number of aliphatic hydroxyl groups is 1. The van der Waals surface area contributed by atoms with Gasteiger partial charge in [0.25, 0.3) is 0 Å². The Labute approximate surface area is 105 Å². The Morgan fingerprint density at radius 1 is 1.50 bits per heavy atom. The maximum absolute atomic E-state index is 13.7. The summed E-state index contributed by atoms with van der Waals surface area (Å²) >= 11 is 0. The van der Waals surface area contributed by atoms with Gasteiger partial charge in [-0.05, 0) is 31.0 Å². The number of nitrogens with zero attached hydrogens (tertiary/aromatic N) is 1. The van der Waals surface area contributed by atoms with Crippen LogP contribution in [-0.2, 0) is 6.54 Å². The average Bonchev–Trinajstić information content (AvgIpc) is 3.14. The maximum atomic E-state index is 13.7. The van der Waals surface area contributed by atoms with Crippen molar-refractivity contribution in [3.05, 3.63) is 35.1 Å². The Bertz CT molecular complexity index is 447. The number of aliphatic hydroxyl groups excluding tert-OH is 1. The smallest absolute Gasteiger partial charge is 0.248 e. The molecule has 0 aromatic heterocycles. The van der Waals surface area contributed by atoms with Crippen molar-refractivity contribution >= 4 is 5.91 Å². The first-order chi connectivity index (χ1) is 8.61. The molecule has 1 aromatic carbocycles. The summed E-state index contributed by atoms with van der Waals surface area (Å²) in [7, 11) is 0. The third kappa shape index (κ3) is 3.05. The minimum Gasteiger partial charge on any atom is -0.395 e. The van der Waals surface area contributed by atoms with Gasteiger partial charge in [-0.25, -0.2) is 4.39 Å². The SMILES string of the molecule is NC(=O)c1ccc(F)c(CN(CCO)C2CC2)c1. The standard InChI is InChI=1S/C13H17FN2O2/c14-12-4-1-9(13(15)18)7-10(12)8-16(5-6-17)11-2-3-11/h1,4,7,11,17H,2-3,5-6,8H2,(H2,15,18). The first-order valence-corrected chi connectivity index (χ1v) is 6.05. The van der Waals surface area contributed by atoms with E-state index in [0.29, 0.717) is 30.3 Å². The predicted octanol–water partition coefficient (Wildman–Crippen LogP) is 0.881. The first-order valence-electron chi connectivity index (χ1n) is 6.05. The lowest BCUT2D eigenvalue weighted by molar-refractivity contribution is 0.1000. The molecule has 3 N–H and O–H groups in total. The molecule has 1 aliphatic carbocycles. The second kappa shape index (κ2) is 5.46. The topological polar surface area (TPSA) is 66.6 Å². The summed E-state index contributed by atoms with van der Waals surface area (Å²) in [5.41, 5.74) is 5.94. The number of amides is 1.